The molecule has 0 spiro atoms. The predicted molar refractivity (Wildman–Crippen MR) is 81.8 cm³/mol. The van der Waals surface area contributed by atoms with Crippen molar-refractivity contribution >= 4 is 34.1 Å². The molecule has 0 fully saturated rings. The van der Waals surface area contributed by atoms with Crippen LogP contribution in [0.5, 0.6) is 0 Å². The van der Waals surface area contributed by atoms with Gasteiger partial charge in [-0.2, -0.15) is 0 Å². The van der Waals surface area contributed by atoms with Gasteiger partial charge in [0.25, 0.3) is 0 Å². The monoisotopic (exact) mass is 354 g/mol. The summed E-state index contributed by atoms with van der Waals surface area (Å²) in [5.41, 5.74) is 7.85. The Morgan fingerprint density at radius 2 is 2.22 bits per heavy atom. The highest BCUT2D eigenvalue weighted by molar-refractivity contribution is 14.1. The van der Waals surface area contributed by atoms with E-state index >= 15 is 0 Å². The van der Waals surface area contributed by atoms with Gasteiger partial charge in [-0.15, -0.1) is 0 Å². The number of nitrogens with zero attached hydrogens (tertiary/aromatic N) is 2. The molecular weight excluding hydrogens is 339 g/mol. The molecule has 0 aliphatic carbocycles. The lowest BCUT2D eigenvalue weighted by Gasteiger charge is -2.08. The molecule has 1 heterocycles. The van der Waals surface area contributed by atoms with E-state index in [0.717, 1.165) is 34.5 Å². The number of nitrogens with one attached hydrogen (secondary N) is 1. The second-order valence-electron chi connectivity index (χ2n) is 3.94. The zero-order valence-corrected chi connectivity index (χ0v) is 12.1. The SMILES string of the molecule is NCCCc1cccc(Nc2ncncc2I)c1. The summed E-state index contributed by atoms with van der Waals surface area (Å²) in [4.78, 5) is 8.19. The predicted octanol–water partition coefficient (Wildman–Crippen LogP) is 2.72. The van der Waals surface area contributed by atoms with E-state index < -0.39 is 0 Å². The molecule has 0 radical (unpaired) electrons. The molecule has 94 valence electrons. The van der Waals surface area contributed by atoms with E-state index in [1.165, 1.54) is 5.56 Å². The molecule has 5 heteroatoms. The number of aromatic nitrogens is 2. The van der Waals surface area contributed by atoms with Gasteiger partial charge in [-0.05, 0) is 59.7 Å². The summed E-state index contributed by atoms with van der Waals surface area (Å²) in [7, 11) is 0. The summed E-state index contributed by atoms with van der Waals surface area (Å²) >= 11 is 2.21. The van der Waals surface area contributed by atoms with Gasteiger partial charge in [0.15, 0.2) is 0 Å². The number of anilines is 2. The van der Waals surface area contributed by atoms with Crippen LogP contribution in [0.25, 0.3) is 0 Å². The molecule has 0 unspecified atom stereocenters. The number of hydrogen-bond donors (Lipinski definition) is 2. The molecule has 1 aromatic carbocycles. The maximum atomic E-state index is 5.52. The largest absolute Gasteiger partial charge is 0.339 e. The summed E-state index contributed by atoms with van der Waals surface area (Å²) in [5, 5.41) is 3.30. The van der Waals surface area contributed by atoms with Crippen LogP contribution in [0.15, 0.2) is 36.8 Å². The zero-order valence-electron chi connectivity index (χ0n) is 9.94. The van der Waals surface area contributed by atoms with Crippen molar-refractivity contribution in [1.29, 1.82) is 0 Å². The second-order valence-corrected chi connectivity index (χ2v) is 5.10. The molecule has 0 atom stereocenters. The van der Waals surface area contributed by atoms with Crippen molar-refractivity contribution in [1.82, 2.24) is 9.97 Å². The van der Waals surface area contributed by atoms with E-state index in [2.05, 4.69) is 50.0 Å². The number of nitrogens with two attached hydrogens (primary N) is 1. The zero-order chi connectivity index (χ0) is 12.8. The fourth-order valence-electron chi connectivity index (χ4n) is 1.65. The van der Waals surface area contributed by atoms with Crippen LogP contribution < -0.4 is 11.1 Å². The Morgan fingerprint density at radius 1 is 1.33 bits per heavy atom. The van der Waals surface area contributed by atoms with Crippen LogP contribution in [0.2, 0.25) is 0 Å². The van der Waals surface area contributed by atoms with Gasteiger partial charge in [0.05, 0.1) is 3.57 Å². The van der Waals surface area contributed by atoms with E-state index in [1.54, 1.807) is 12.5 Å². The fourth-order valence-corrected chi connectivity index (χ4v) is 2.09. The molecule has 1 aromatic heterocycles. The van der Waals surface area contributed by atoms with E-state index in [4.69, 9.17) is 5.73 Å². The van der Waals surface area contributed by atoms with Crippen LogP contribution in [-0.4, -0.2) is 16.5 Å². The maximum absolute atomic E-state index is 5.52. The van der Waals surface area contributed by atoms with E-state index in [1.807, 2.05) is 12.1 Å². The first-order valence-corrected chi connectivity index (χ1v) is 6.89. The highest BCUT2D eigenvalue weighted by Gasteiger charge is 2.02. The highest BCUT2D eigenvalue weighted by Crippen LogP contribution is 2.20. The van der Waals surface area contributed by atoms with Crippen LogP contribution in [0.4, 0.5) is 11.5 Å². The van der Waals surface area contributed by atoms with Crippen LogP contribution in [-0.2, 0) is 6.42 Å². The average Bonchev–Trinajstić information content (AvgIpc) is 2.40. The van der Waals surface area contributed by atoms with Crippen molar-refractivity contribution < 1.29 is 0 Å². The third kappa shape index (κ3) is 3.64. The average molecular weight is 354 g/mol. The normalized spacial score (nSPS) is 10.3. The fraction of sp³-hybridized carbons (Fsp3) is 0.231. The summed E-state index contributed by atoms with van der Waals surface area (Å²) in [5.74, 6) is 0.835. The Kier molecular flexibility index (Phi) is 4.89. The Hall–Kier alpha value is -1.21. The van der Waals surface area contributed by atoms with Gasteiger partial charge in [-0.25, -0.2) is 9.97 Å². The number of benzene rings is 1. The van der Waals surface area contributed by atoms with E-state index in [0.29, 0.717) is 0 Å². The van der Waals surface area contributed by atoms with Crippen LogP contribution >= 0.6 is 22.6 Å². The molecule has 0 aliphatic rings. The summed E-state index contributed by atoms with van der Waals surface area (Å²) in [6.07, 6.45) is 5.35. The molecule has 4 nitrogen and oxygen atoms in total. The minimum absolute atomic E-state index is 0.724. The third-order valence-corrected chi connectivity index (χ3v) is 3.32. The van der Waals surface area contributed by atoms with Gasteiger partial charge in [0, 0.05) is 11.9 Å². The maximum Gasteiger partial charge on any atom is 0.147 e. The van der Waals surface area contributed by atoms with E-state index in [-0.39, 0.29) is 0 Å². The van der Waals surface area contributed by atoms with Crippen molar-refractivity contribution in [3.05, 3.63) is 45.9 Å². The number of halogens is 1. The van der Waals surface area contributed by atoms with Gasteiger partial charge < -0.3 is 11.1 Å². The van der Waals surface area contributed by atoms with Crippen molar-refractivity contribution in [2.45, 2.75) is 12.8 Å². The Bertz CT molecular complexity index is 516. The molecule has 2 aromatic rings. The lowest BCUT2D eigenvalue weighted by atomic mass is 10.1. The molecule has 3 N–H and O–H groups in total. The van der Waals surface area contributed by atoms with Crippen molar-refractivity contribution in [2.75, 3.05) is 11.9 Å². The molecular formula is C13H15IN4. The molecule has 18 heavy (non-hydrogen) atoms. The first-order chi connectivity index (χ1) is 8.79. The lowest BCUT2D eigenvalue weighted by molar-refractivity contribution is 0.833. The van der Waals surface area contributed by atoms with Gasteiger partial charge >= 0.3 is 0 Å². The van der Waals surface area contributed by atoms with Gasteiger partial charge in [0.1, 0.15) is 12.1 Å². The molecule has 0 saturated heterocycles. The molecule has 0 saturated carbocycles. The van der Waals surface area contributed by atoms with Gasteiger partial charge in [-0.1, -0.05) is 12.1 Å². The Balaban J connectivity index is 2.12. The Labute approximate surface area is 120 Å². The van der Waals surface area contributed by atoms with Crippen molar-refractivity contribution in [3.63, 3.8) is 0 Å². The summed E-state index contributed by atoms with van der Waals surface area (Å²) in [6.45, 7) is 0.724. The van der Waals surface area contributed by atoms with Crippen molar-refractivity contribution in [2.24, 2.45) is 5.73 Å². The smallest absolute Gasteiger partial charge is 0.147 e. The number of hydrogen-bond acceptors (Lipinski definition) is 4. The first-order valence-electron chi connectivity index (χ1n) is 5.81. The van der Waals surface area contributed by atoms with Gasteiger partial charge in [-0.3, -0.25) is 0 Å². The van der Waals surface area contributed by atoms with Gasteiger partial charge in [0.2, 0.25) is 0 Å². The minimum Gasteiger partial charge on any atom is -0.339 e. The van der Waals surface area contributed by atoms with Crippen molar-refractivity contribution in [3.8, 4) is 0 Å². The van der Waals surface area contributed by atoms with Crippen LogP contribution in [0.1, 0.15) is 12.0 Å². The summed E-state index contributed by atoms with van der Waals surface area (Å²) < 4.78 is 1.00. The molecule has 0 aliphatic heterocycles. The number of rotatable bonds is 5. The third-order valence-electron chi connectivity index (χ3n) is 2.53. The van der Waals surface area contributed by atoms with Crippen LogP contribution in [0.3, 0.4) is 0 Å². The van der Waals surface area contributed by atoms with E-state index in [9.17, 15) is 0 Å². The Morgan fingerprint density at radius 3 is 3.00 bits per heavy atom. The second kappa shape index (κ2) is 6.65. The number of aryl methyl sites for hydroxylation is 1. The minimum atomic E-state index is 0.724. The molecule has 0 bridgehead atoms. The standard InChI is InChI=1S/C13H15IN4/c14-12-8-16-9-17-13(12)18-11-5-1-3-10(7-11)4-2-6-15/h1,3,5,7-9H,2,4,6,15H2,(H,16,17,18). The quantitative estimate of drug-likeness (QED) is 0.811. The molecule has 0 amide bonds. The topological polar surface area (TPSA) is 63.8 Å². The first kappa shape index (κ1) is 13.2. The lowest BCUT2D eigenvalue weighted by Crippen LogP contribution is -2.01. The highest BCUT2D eigenvalue weighted by atomic mass is 127. The summed E-state index contributed by atoms with van der Waals surface area (Å²) in [6, 6.07) is 8.33. The molecule has 2 rings (SSSR count). The van der Waals surface area contributed by atoms with Crippen LogP contribution in [0, 0.1) is 3.57 Å².